The van der Waals surface area contributed by atoms with E-state index in [1.165, 1.54) is 0 Å². The first-order chi connectivity index (χ1) is 13.6. The monoisotopic (exact) mass is 383 g/mol. The fourth-order valence-electron chi connectivity index (χ4n) is 3.74. The molecule has 1 aromatic heterocycles. The SMILES string of the molecule is O=C(CCN1C(=O)NC2(CCCC2)C1=O)OCc1cc(-c2ccccc2)on1. The summed E-state index contributed by atoms with van der Waals surface area (Å²) in [5.41, 5.74) is 0.620. The van der Waals surface area contributed by atoms with E-state index >= 15 is 0 Å². The van der Waals surface area contributed by atoms with Crippen LogP contribution in [-0.4, -0.2) is 40.0 Å². The van der Waals surface area contributed by atoms with Crippen LogP contribution in [0.5, 0.6) is 0 Å². The molecule has 2 fully saturated rings. The van der Waals surface area contributed by atoms with E-state index in [0.29, 0.717) is 24.3 Å². The Labute approximate surface area is 161 Å². The molecule has 146 valence electrons. The molecule has 0 atom stereocenters. The van der Waals surface area contributed by atoms with Crippen LogP contribution in [-0.2, 0) is 20.9 Å². The second-order valence-electron chi connectivity index (χ2n) is 7.14. The van der Waals surface area contributed by atoms with Crippen LogP contribution in [0.15, 0.2) is 40.9 Å². The van der Waals surface area contributed by atoms with Gasteiger partial charge in [0.25, 0.3) is 5.91 Å². The topological polar surface area (TPSA) is 102 Å². The maximum atomic E-state index is 12.5. The van der Waals surface area contributed by atoms with Gasteiger partial charge in [0, 0.05) is 18.2 Å². The molecule has 0 radical (unpaired) electrons. The number of urea groups is 1. The van der Waals surface area contributed by atoms with Crippen LogP contribution < -0.4 is 5.32 Å². The van der Waals surface area contributed by atoms with Crippen molar-refractivity contribution in [2.24, 2.45) is 0 Å². The molecule has 1 aliphatic heterocycles. The summed E-state index contributed by atoms with van der Waals surface area (Å²) in [5.74, 6) is -0.142. The minimum Gasteiger partial charge on any atom is -0.459 e. The Kier molecular flexibility index (Phi) is 4.85. The largest absolute Gasteiger partial charge is 0.459 e. The first-order valence-electron chi connectivity index (χ1n) is 9.38. The molecule has 1 aromatic carbocycles. The number of carbonyl (C=O) groups excluding carboxylic acids is 3. The van der Waals surface area contributed by atoms with Gasteiger partial charge in [0.1, 0.15) is 17.8 Å². The molecular formula is C20H21N3O5. The van der Waals surface area contributed by atoms with Gasteiger partial charge >= 0.3 is 12.0 Å². The van der Waals surface area contributed by atoms with Crippen LogP contribution >= 0.6 is 0 Å². The predicted octanol–water partition coefficient (Wildman–Crippen LogP) is 2.64. The van der Waals surface area contributed by atoms with Crippen molar-refractivity contribution in [1.82, 2.24) is 15.4 Å². The molecule has 4 rings (SSSR count). The maximum Gasteiger partial charge on any atom is 0.325 e. The first kappa shape index (κ1) is 18.2. The van der Waals surface area contributed by atoms with Crippen molar-refractivity contribution in [3.8, 4) is 11.3 Å². The number of ether oxygens (including phenoxy) is 1. The molecule has 1 spiro atoms. The molecule has 2 heterocycles. The van der Waals surface area contributed by atoms with Crippen LogP contribution in [0.4, 0.5) is 4.79 Å². The van der Waals surface area contributed by atoms with Crippen molar-refractivity contribution >= 4 is 17.9 Å². The van der Waals surface area contributed by atoms with Gasteiger partial charge in [0.15, 0.2) is 5.76 Å². The van der Waals surface area contributed by atoms with Crippen molar-refractivity contribution in [1.29, 1.82) is 0 Å². The molecule has 1 aliphatic carbocycles. The molecule has 8 heteroatoms. The molecular weight excluding hydrogens is 362 g/mol. The van der Waals surface area contributed by atoms with E-state index in [1.54, 1.807) is 6.07 Å². The smallest absolute Gasteiger partial charge is 0.325 e. The van der Waals surface area contributed by atoms with Gasteiger partial charge in [-0.05, 0) is 12.8 Å². The highest BCUT2D eigenvalue weighted by Gasteiger charge is 2.52. The summed E-state index contributed by atoms with van der Waals surface area (Å²) in [7, 11) is 0. The second kappa shape index (κ2) is 7.46. The van der Waals surface area contributed by atoms with Crippen molar-refractivity contribution in [3.05, 3.63) is 42.1 Å². The van der Waals surface area contributed by atoms with Crippen LogP contribution in [0.1, 0.15) is 37.8 Å². The summed E-state index contributed by atoms with van der Waals surface area (Å²) in [4.78, 5) is 37.8. The summed E-state index contributed by atoms with van der Waals surface area (Å²) < 4.78 is 10.5. The lowest BCUT2D eigenvalue weighted by Crippen LogP contribution is -2.44. The van der Waals surface area contributed by atoms with Gasteiger partial charge in [-0.1, -0.05) is 48.3 Å². The number of rotatable bonds is 6. The Morgan fingerprint density at radius 2 is 1.96 bits per heavy atom. The van der Waals surface area contributed by atoms with E-state index in [9.17, 15) is 14.4 Å². The van der Waals surface area contributed by atoms with Gasteiger partial charge in [-0.25, -0.2) is 4.79 Å². The Balaban J connectivity index is 1.27. The fraction of sp³-hybridized carbons (Fsp3) is 0.400. The summed E-state index contributed by atoms with van der Waals surface area (Å²) in [6.07, 6.45) is 3.11. The Morgan fingerprint density at radius 1 is 1.21 bits per heavy atom. The van der Waals surface area contributed by atoms with Gasteiger partial charge in [-0.3, -0.25) is 14.5 Å². The van der Waals surface area contributed by atoms with Crippen molar-refractivity contribution in [3.63, 3.8) is 0 Å². The Morgan fingerprint density at radius 3 is 2.71 bits per heavy atom. The first-order valence-corrected chi connectivity index (χ1v) is 9.38. The number of nitrogens with one attached hydrogen (secondary N) is 1. The van der Waals surface area contributed by atoms with Gasteiger partial charge in [0.2, 0.25) is 0 Å². The minimum atomic E-state index is -0.754. The number of imide groups is 1. The summed E-state index contributed by atoms with van der Waals surface area (Å²) in [6.45, 7) is -0.0153. The van der Waals surface area contributed by atoms with Gasteiger partial charge in [-0.15, -0.1) is 0 Å². The van der Waals surface area contributed by atoms with Crippen LogP contribution in [0, 0.1) is 0 Å². The van der Waals surface area contributed by atoms with Crippen molar-refractivity contribution < 1.29 is 23.6 Å². The zero-order valence-electron chi connectivity index (χ0n) is 15.3. The van der Waals surface area contributed by atoms with E-state index in [0.717, 1.165) is 23.3 Å². The third-order valence-electron chi connectivity index (χ3n) is 5.24. The maximum absolute atomic E-state index is 12.5. The van der Waals surface area contributed by atoms with Crippen molar-refractivity contribution in [2.45, 2.75) is 44.2 Å². The minimum absolute atomic E-state index is 0.0132. The number of aromatic nitrogens is 1. The second-order valence-corrected chi connectivity index (χ2v) is 7.14. The molecule has 1 N–H and O–H groups in total. The third-order valence-corrected chi connectivity index (χ3v) is 5.24. The molecule has 0 bridgehead atoms. The predicted molar refractivity (Wildman–Crippen MR) is 97.8 cm³/mol. The summed E-state index contributed by atoms with van der Waals surface area (Å²) in [6, 6.07) is 10.8. The van der Waals surface area contributed by atoms with Crippen LogP contribution in [0.3, 0.4) is 0 Å². The highest BCUT2D eigenvalue weighted by Crippen LogP contribution is 2.35. The molecule has 8 nitrogen and oxygen atoms in total. The van der Waals surface area contributed by atoms with E-state index in [2.05, 4.69) is 10.5 Å². The number of esters is 1. The van der Waals surface area contributed by atoms with E-state index in [1.807, 2.05) is 30.3 Å². The summed E-state index contributed by atoms with van der Waals surface area (Å²) in [5, 5.41) is 6.69. The lowest BCUT2D eigenvalue weighted by atomic mass is 9.98. The van der Waals surface area contributed by atoms with Crippen molar-refractivity contribution in [2.75, 3.05) is 6.54 Å². The third kappa shape index (κ3) is 3.49. The number of hydrogen-bond donors (Lipinski definition) is 1. The quantitative estimate of drug-likeness (QED) is 0.608. The highest BCUT2D eigenvalue weighted by molar-refractivity contribution is 6.07. The van der Waals surface area contributed by atoms with E-state index in [4.69, 9.17) is 9.26 Å². The molecule has 28 heavy (non-hydrogen) atoms. The zero-order valence-corrected chi connectivity index (χ0v) is 15.3. The van der Waals surface area contributed by atoms with Crippen LogP contribution in [0.2, 0.25) is 0 Å². The molecule has 3 amide bonds. The van der Waals surface area contributed by atoms with E-state index < -0.39 is 17.5 Å². The number of carbonyl (C=O) groups is 3. The standard InChI is InChI=1S/C20H21N3O5/c24-17(8-11-23-18(25)20(21-19(23)26)9-4-5-10-20)27-13-15-12-16(28-22-15)14-6-2-1-3-7-14/h1-3,6-7,12H,4-5,8-11,13H2,(H,21,26). The highest BCUT2D eigenvalue weighted by atomic mass is 16.5. The van der Waals surface area contributed by atoms with Gasteiger partial charge in [-0.2, -0.15) is 0 Å². The average Bonchev–Trinajstić information content (AvgIpc) is 3.41. The molecule has 0 unspecified atom stereocenters. The van der Waals surface area contributed by atoms with Crippen LogP contribution in [0.25, 0.3) is 11.3 Å². The lowest BCUT2D eigenvalue weighted by Gasteiger charge is -2.19. The molecule has 1 saturated carbocycles. The Hall–Kier alpha value is -3.16. The number of hydrogen-bond acceptors (Lipinski definition) is 6. The normalized spacial score (nSPS) is 17.9. The number of nitrogens with zero attached hydrogens (tertiary/aromatic N) is 2. The number of amides is 3. The number of benzene rings is 1. The molecule has 2 aromatic rings. The average molecular weight is 383 g/mol. The lowest BCUT2D eigenvalue weighted by molar-refractivity contribution is -0.145. The zero-order chi connectivity index (χ0) is 19.6. The molecule has 2 aliphatic rings. The van der Waals surface area contributed by atoms with Gasteiger partial charge in [0.05, 0.1) is 6.42 Å². The Bertz CT molecular complexity index is 886. The van der Waals surface area contributed by atoms with Gasteiger partial charge < -0.3 is 14.6 Å². The fourth-order valence-corrected chi connectivity index (χ4v) is 3.74. The molecule has 1 saturated heterocycles. The van der Waals surface area contributed by atoms with E-state index in [-0.39, 0.29) is 25.5 Å². The summed E-state index contributed by atoms with van der Waals surface area (Å²) >= 11 is 0.